The van der Waals surface area contributed by atoms with Crippen LogP contribution in [0.3, 0.4) is 0 Å². The molecule has 160 valence electrons. The molecule has 0 atom stereocenters. The van der Waals surface area contributed by atoms with Crippen LogP contribution in [0, 0.1) is 0 Å². The molecule has 1 aliphatic heterocycles. The normalized spacial score (nSPS) is 15.2. The van der Waals surface area contributed by atoms with Gasteiger partial charge >= 0.3 is 0 Å². The number of methoxy groups -OCH3 is 1. The van der Waals surface area contributed by atoms with Gasteiger partial charge in [0, 0.05) is 58.8 Å². The third-order valence-electron chi connectivity index (χ3n) is 4.91. The summed E-state index contributed by atoms with van der Waals surface area (Å²) in [5.74, 6) is 0.935. The number of likely N-dealkylation sites (tertiary alicyclic amines) is 1. The van der Waals surface area contributed by atoms with Crippen LogP contribution in [0.15, 0.2) is 47.7 Å². The SMILES string of the molecule is CN=C(NCc1cnn(-c2ccccc2)c1)N1CCC(OCCCOC)CC1.I. The van der Waals surface area contributed by atoms with Crippen molar-refractivity contribution in [2.24, 2.45) is 4.99 Å². The van der Waals surface area contributed by atoms with Crippen molar-refractivity contribution in [3.63, 3.8) is 0 Å². The highest BCUT2D eigenvalue weighted by Gasteiger charge is 2.21. The second kappa shape index (κ2) is 12.8. The Labute approximate surface area is 190 Å². The second-order valence-electron chi connectivity index (χ2n) is 6.93. The average Bonchev–Trinajstić information content (AvgIpc) is 3.22. The Balaban J connectivity index is 0.00000300. The van der Waals surface area contributed by atoms with E-state index in [9.17, 15) is 0 Å². The summed E-state index contributed by atoms with van der Waals surface area (Å²) in [6, 6.07) is 10.1. The topological polar surface area (TPSA) is 63.9 Å². The number of hydrogen-bond acceptors (Lipinski definition) is 4. The van der Waals surface area contributed by atoms with E-state index in [2.05, 4.69) is 26.5 Å². The van der Waals surface area contributed by atoms with E-state index in [1.807, 2.05) is 48.3 Å². The lowest BCUT2D eigenvalue weighted by molar-refractivity contribution is 0.00989. The first-order chi connectivity index (χ1) is 13.8. The van der Waals surface area contributed by atoms with Crippen molar-refractivity contribution in [2.75, 3.05) is 40.5 Å². The number of aliphatic imine (C=N–C) groups is 1. The Bertz CT molecular complexity index is 730. The first-order valence-electron chi connectivity index (χ1n) is 9.95. The third kappa shape index (κ3) is 7.27. The molecule has 1 fully saturated rings. The van der Waals surface area contributed by atoms with Crippen molar-refractivity contribution in [3.05, 3.63) is 48.3 Å². The zero-order valence-electron chi connectivity index (χ0n) is 17.3. The second-order valence-corrected chi connectivity index (χ2v) is 6.93. The molecule has 2 heterocycles. The standard InChI is InChI=1S/C21H31N5O2.HI/c1-22-21(25-11-9-20(10-12-25)28-14-6-13-27-2)23-15-18-16-24-26(17-18)19-7-4-3-5-8-19;/h3-5,7-8,16-17,20H,6,9-15H2,1-2H3,(H,22,23);1H. The molecule has 0 unspecified atom stereocenters. The minimum atomic E-state index is 0. The summed E-state index contributed by atoms with van der Waals surface area (Å²) in [4.78, 5) is 6.75. The van der Waals surface area contributed by atoms with Crippen molar-refractivity contribution < 1.29 is 9.47 Å². The highest BCUT2D eigenvalue weighted by molar-refractivity contribution is 14.0. The number of nitrogens with one attached hydrogen (secondary N) is 1. The lowest BCUT2D eigenvalue weighted by Crippen LogP contribution is -2.46. The number of benzene rings is 1. The predicted molar refractivity (Wildman–Crippen MR) is 126 cm³/mol. The third-order valence-corrected chi connectivity index (χ3v) is 4.91. The number of guanidine groups is 1. The molecule has 3 rings (SSSR count). The molecule has 0 bridgehead atoms. The lowest BCUT2D eigenvalue weighted by atomic mass is 10.1. The average molecular weight is 513 g/mol. The Morgan fingerprint density at radius 1 is 1.21 bits per heavy atom. The molecule has 8 heteroatoms. The molecule has 0 spiro atoms. The molecule has 7 nitrogen and oxygen atoms in total. The van der Waals surface area contributed by atoms with Gasteiger partial charge in [-0.05, 0) is 31.4 Å². The number of aromatic nitrogens is 2. The van der Waals surface area contributed by atoms with Crippen LogP contribution in [0.4, 0.5) is 0 Å². The van der Waals surface area contributed by atoms with Crippen molar-refractivity contribution in [1.29, 1.82) is 0 Å². The van der Waals surface area contributed by atoms with Gasteiger partial charge in [-0.15, -0.1) is 24.0 Å². The Hall–Kier alpha value is -1.65. The summed E-state index contributed by atoms with van der Waals surface area (Å²) in [6.07, 6.45) is 7.30. The molecule has 0 saturated carbocycles. The molecule has 0 aliphatic carbocycles. The first-order valence-corrected chi connectivity index (χ1v) is 9.95. The van der Waals surface area contributed by atoms with Crippen LogP contribution in [0.5, 0.6) is 0 Å². The molecule has 29 heavy (non-hydrogen) atoms. The molecule has 1 aliphatic rings. The molecule has 1 aromatic heterocycles. The van der Waals surface area contributed by atoms with Crippen molar-refractivity contribution in [1.82, 2.24) is 20.0 Å². The smallest absolute Gasteiger partial charge is 0.193 e. The van der Waals surface area contributed by atoms with Crippen LogP contribution in [0.1, 0.15) is 24.8 Å². The first kappa shape index (κ1) is 23.6. The summed E-state index contributed by atoms with van der Waals surface area (Å²) in [5.41, 5.74) is 2.19. The van der Waals surface area contributed by atoms with Crippen LogP contribution >= 0.6 is 24.0 Å². The summed E-state index contributed by atoms with van der Waals surface area (Å²) in [7, 11) is 3.56. The number of piperidine rings is 1. The van der Waals surface area contributed by atoms with Gasteiger partial charge in [-0.25, -0.2) is 4.68 Å². The van der Waals surface area contributed by atoms with Crippen molar-refractivity contribution >= 4 is 29.9 Å². The fourth-order valence-corrected chi connectivity index (χ4v) is 3.37. The predicted octanol–water partition coefficient (Wildman–Crippen LogP) is 3.08. The van der Waals surface area contributed by atoms with Gasteiger partial charge in [0.05, 0.1) is 18.0 Å². The molecule has 1 saturated heterocycles. The van der Waals surface area contributed by atoms with Crippen molar-refractivity contribution in [2.45, 2.75) is 31.9 Å². The fraction of sp³-hybridized carbons (Fsp3) is 0.524. The quantitative estimate of drug-likeness (QED) is 0.255. The number of halogens is 1. The largest absolute Gasteiger partial charge is 0.385 e. The highest BCUT2D eigenvalue weighted by Crippen LogP contribution is 2.14. The summed E-state index contributed by atoms with van der Waals surface area (Å²) >= 11 is 0. The van der Waals surface area contributed by atoms with Gasteiger partial charge in [0.2, 0.25) is 0 Å². The molecule has 1 aromatic carbocycles. The zero-order valence-corrected chi connectivity index (χ0v) is 19.6. The summed E-state index contributed by atoms with van der Waals surface area (Å²) < 4.78 is 12.9. The Kier molecular flexibility index (Phi) is 10.4. The van der Waals surface area contributed by atoms with E-state index in [0.29, 0.717) is 12.6 Å². The van der Waals surface area contributed by atoms with E-state index in [1.54, 1.807) is 7.11 Å². The number of nitrogens with zero attached hydrogens (tertiary/aromatic N) is 4. The monoisotopic (exact) mass is 513 g/mol. The van der Waals surface area contributed by atoms with E-state index in [0.717, 1.165) is 62.8 Å². The van der Waals surface area contributed by atoms with E-state index in [-0.39, 0.29) is 24.0 Å². The number of hydrogen-bond donors (Lipinski definition) is 1. The van der Waals surface area contributed by atoms with E-state index in [4.69, 9.17) is 9.47 Å². The maximum atomic E-state index is 5.94. The van der Waals surface area contributed by atoms with Crippen LogP contribution in [0.25, 0.3) is 5.69 Å². The number of ether oxygens (including phenoxy) is 2. The van der Waals surface area contributed by atoms with E-state index in [1.165, 1.54) is 0 Å². The molecule has 1 N–H and O–H groups in total. The minimum Gasteiger partial charge on any atom is -0.385 e. The highest BCUT2D eigenvalue weighted by atomic mass is 127. The minimum absolute atomic E-state index is 0. The van der Waals surface area contributed by atoms with Gasteiger partial charge in [-0.2, -0.15) is 5.10 Å². The molecule has 2 aromatic rings. The van der Waals surface area contributed by atoms with Gasteiger partial charge in [0.1, 0.15) is 0 Å². The molecular weight excluding hydrogens is 481 g/mol. The molecule has 0 amide bonds. The number of rotatable bonds is 8. The lowest BCUT2D eigenvalue weighted by Gasteiger charge is -2.34. The Morgan fingerprint density at radius 3 is 2.66 bits per heavy atom. The summed E-state index contributed by atoms with van der Waals surface area (Å²) in [6.45, 7) is 4.15. The fourth-order valence-electron chi connectivity index (χ4n) is 3.37. The number of para-hydroxylation sites is 1. The van der Waals surface area contributed by atoms with Crippen LogP contribution < -0.4 is 5.32 Å². The van der Waals surface area contributed by atoms with Gasteiger partial charge in [-0.3, -0.25) is 4.99 Å². The van der Waals surface area contributed by atoms with Crippen LogP contribution in [-0.4, -0.2) is 67.2 Å². The Morgan fingerprint density at radius 2 is 1.97 bits per heavy atom. The van der Waals surface area contributed by atoms with E-state index >= 15 is 0 Å². The van der Waals surface area contributed by atoms with Gasteiger partial charge in [0.25, 0.3) is 0 Å². The zero-order chi connectivity index (χ0) is 19.6. The van der Waals surface area contributed by atoms with Crippen molar-refractivity contribution in [3.8, 4) is 5.69 Å². The van der Waals surface area contributed by atoms with Crippen LogP contribution in [-0.2, 0) is 16.0 Å². The van der Waals surface area contributed by atoms with E-state index < -0.39 is 0 Å². The van der Waals surface area contributed by atoms with Gasteiger partial charge < -0.3 is 19.7 Å². The summed E-state index contributed by atoms with van der Waals surface area (Å²) in [5, 5.41) is 7.91. The maximum absolute atomic E-state index is 5.94. The van der Waals surface area contributed by atoms with Gasteiger partial charge in [-0.1, -0.05) is 18.2 Å². The molecule has 0 radical (unpaired) electrons. The molecular formula is C21H32IN5O2. The maximum Gasteiger partial charge on any atom is 0.193 e. The van der Waals surface area contributed by atoms with Crippen LogP contribution in [0.2, 0.25) is 0 Å². The van der Waals surface area contributed by atoms with Gasteiger partial charge in [0.15, 0.2) is 5.96 Å².